The number of primary amides is 1. The van der Waals surface area contributed by atoms with Crippen molar-refractivity contribution in [3.8, 4) is 5.75 Å². The van der Waals surface area contributed by atoms with Crippen LogP contribution in [0.1, 0.15) is 37.6 Å². The number of phenolic OH excluding ortho intramolecular Hbond substituents is 1. The number of amides is 2. The van der Waals surface area contributed by atoms with Crippen molar-refractivity contribution in [2.24, 2.45) is 5.73 Å². The van der Waals surface area contributed by atoms with E-state index < -0.39 is 56.5 Å². The number of hydrogen-bond acceptors (Lipinski definition) is 8. The number of carbonyl (C=O) groups excluding carboxylic acids is 3. The van der Waals surface area contributed by atoms with Crippen LogP contribution in [0.15, 0.2) is 23.1 Å². The van der Waals surface area contributed by atoms with Crippen molar-refractivity contribution in [3.63, 3.8) is 0 Å². The van der Waals surface area contributed by atoms with Crippen LogP contribution in [0.2, 0.25) is 0 Å². The summed E-state index contributed by atoms with van der Waals surface area (Å²) in [6.07, 6.45) is -0.622. The molecule has 0 aliphatic heterocycles. The highest BCUT2D eigenvalue weighted by Gasteiger charge is 2.33. The van der Waals surface area contributed by atoms with Crippen molar-refractivity contribution in [2.75, 3.05) is 14.2 Å². The summed E-state index contributed by atoms with van der Waals surface area (Å²) >= 11 is 0. The zero-order valence-electron chi connectivity index (χ0n) is 16.8. The topological polar surface area (TPSA) is 165 Å². The molecular formula is C17H25N3O8S. The monoisotopic (exact) mass is 431 g/mol. The van der Waals surface area contributed by atoms with Gasteiger partial charge >= 0.3 is 5.97 Å². The van der Waals surface area contributed by atoms with E-state index in [9.17, 15) is 27.9 Å². The summed E-state index contributed by atoms with van der Waals surface area (Å²) in [5.74, 6) is -3.30. The molecule has 1 aromatic rings. The Balaban J connectivity index is 3.21. The predicted molar refractivity (Wildman–Crippen MR) is 101 cm³/mol. The van der Waals surface area contributed by atoms with Gasteiger partial charge in [0.1, 0.15) is 22.3 Å². The number of nitrogens with two attached hydrogens (primary N) is 1. The molecule has 0 bridgehead atoms. The van der Waals surface area contributed by atoms with E-state index in [1.54, 1.807) is 20.8 Å². The minimum atomic E-state index is -4.47. The number of carbonyl (C=O) groups is 3. The third-order valence-corrected chi connectivity index (χ3v) is 5.02. The van der Waals surface area contributed by atoms with Crippen molar-refractivity contribution >= 4 is 27.8 Å². The summed E-state index contributed by atoms with van der Waals surface area (Å²) in [6, 6.07) is 1.35. The molecule has 1 atom stereocenters. The molecule has 0 saturated heterocycles. The van der Waals surface area contributed by atoms with Gasteiger partial charge in [0.2, 0.25) is 15.9 Å². The molecule has 1 unspecified atom stereocenters. The Labute approximate surface area is 168 Å². The van der Waals surface area contributed by atoms with Gasteiger partial charge in [0.25, 0.3) is 5.91 Å². The predicted octanol–water partition coefficient (Wildman–Crippen LogP) is -0.110. The van der Waals surface area contributed by atoms with Crippen LogP contribution in [0.25, 0.3) is 0 Å². The molecule has 11 nitrogen and oxygen atoms in total. The first-order valence-corrected chi connectivity index (χ1v) is 9.85. The maximum atomic E-state index is 12.7. The van der Waals surface area contributed by atoms with E-state index in [0.29, 0.717) is 0 Å². The molecule has 0 fully saturated rings. The van der Waals surface area contributed by atoms with Crippen LogP contribution in [-0.4, -0.2) is 62.2 Å². The van der Waals surface area contributed by atoms with Crippen LogP contribution in [0.4, 0.5) is 0 Å². The smallest absolute Gasteiger partial charge is 0.308 e. The lowest BCUT2D eigenvalue weighted by Crippen LogP contribution is -2.48. The van der Waals surface area contributed by atoms with Crippen molar-refractivity contribution in [3.05, 3.63) is 23.8 Å². The fourth-order valence-corrected chi connectivity index (χ4v) is 3.45. The normalized spacial score (nSPS) is 12.9. The van der Waals surface area contributed by atoms with Crippen molar-refractivity contribution in [1.29, 1.82) is 0 Å². The molecule has 0 heterocycles. The fourth-order valence-electron chi connectivity index (χ4n) is 2.19. The largest absolute Gasteiger partial charge is 0.507 e. The Morgan fingerprint density at radius 2 is 1.86 bits per heavy atom. The third kappa shape index (κ3) is 7.00. The molecule has 0 aromatic heterocycles. The van der Waals surface area contributed by atoms with Gasteiger partial charge in [-0.2, -0.15) is 4.72 Å². The molecule has 0 spiro atoms. The number of ether oxygens (including phenoxy) is 1. The van der Waals surface area contributed by atoms with Gasteiger partial charge in [-0.25, -0.2) is 13.5 Å². The van der Waals surface area contributed by atoms with Crippen LogP contribution >= 0.6 is 0 Å². The molecule has 29 heavy (non-hydrogen) atoms. The molecule has 0 aliphatic carbocycles. The van der Waals surface area contributed by atoms with Gasteiger partial charge in [-0.15, -0.1) is 0 Å². The molecule has 12 heteroatoms. The molecule has 1 rings (SSSR count). The van der Waals surface area contributed by atoms with Gasteiger partial charge in [0, 0.05) is 12.6 Å². The van der Waals surface area contributed by atoms with Crippen LogP contribution in [-0.2, 0) is 29.2 Å². The number of phenols is 1. The van der Waals surface area contributed by atoms with Gasteiger partial charge in [-0.05, 0) is 39.0 Å². The Morgan fingerprint density at radius 3 is 2.31 bits per heavy atom. The van der Waals surface area contributed by atoms with E-state index in [0.717, 1.165) is 23.3 Å². The molecule has 1 aromatic carbocycles. The first-order chi connectivity index (χ1) is 13.2. The summed E-state index contributed by atoms with van der Waals surface area (Å²) in [7, 11) is -2.05. The Bertz CT molecular complexity index is 892. The van der Waals surface area contributed by atoms with Gasteiger partial charge in [-0.3, -0.25) is 19.2 Å². The highest BCUT2D eigenvalue weighted by Crippen LogP contribution is 2.24. The number of benzene rings is 1. The number of rotatable bonds is 8. The maximum Gasteiger partial charge on any atom is 0.308 e. The highest BCUT2D eigenvalue weighted by atomic mass is 32.2. The lowest BCUT2D eigenvalue weighted by Gasteiger charge is -2.24. The van der Waals surface area contributed by atoms with E-state index in [1.807, 2.05) is 0 Å². The number of esters is 1. The van der Waals surface area contributed by atoms with E-state index in [-0.39, 0.29) is 5.56 Å². The minimum Gasteiger partial charge on any atom is -0.507 e. The van der Waals surface area contributed by atoms with E-state index in [2.05, 4.69) is 4.72 Å². The number of nitrogens with zero attached hydrogens (tertiary/aromatic N) is 1. The lowest BCUT2D eigenvalue weighted by atomic mass is 10.1. The summed E-state index contributed by atoms with van der Waals surface area (Å²) in [6.45, 7) is 4.85. The molecule has 0 aliphatic rings. The van der Waals surface area contributed by atoms with Crippen molar-refractivity contribution in [2.45, 2.75) is 43.7 Å². The van der Waals surface area contributed by atoms with Gasteiger partial charge in [0.05, 0.1) is 13.5 Å². The maximum absolute atomic E-state index is 12.7. The number of aromatic hydroxyl groups is 1. The molecule has 0 radical (unpaired) electrons. The second-order valence-electron chi connectivity index (χ2n) is 7.03. The number of hydrogen-bond donors (Lipinski definition) is 3. The molecule has 162 valence electrons. The number of sulfonamides is 1. The van der Waals surface area contributed by atoms with Crippen LogP contribution in [0.5, 0.6) is 5.75 Å². The second-order valence-corrected chi connectivity index (χ2v) is 8.71. The standard InChI is InChI=1S/C17H25N3O8S/c1-17(2,3)28-14(22)9-11(16(24)20(4)27-5)19-29(25,26)13-7-6-10(15(18)23)8-12(13)21/h6-8,11,19,21H,9H2,1-5H3,(H2,18,23). The van der Waals surface area contributed by atoms with Gasteiger partial charge < -0.3 is 15.6 Å². The highest BCUT2D eigenvalue weighted by molar-refractivity contribution is 7.89. The first kappa shape index (κ1) is 24.3. The van der Waals surface area contributed by atoms with E-state index in [1.165, 1.54) is 14.2 Å². The average molecular weight is 431 g/mol. The summed E-state index contributed by atoms with van der Waals surface area (Å²) < 4.78 is 32.5. The summed E-state index contributed by atoms with van der Waals surface area (Å²) in [5, 5.41) is 10.7. The molecular weight excluding hydrogens is 406 g/mol. The Morgan fingerprint density at radius 1 is 1.28 bits per heavy atom. The Hall–Kier alpha value is -2.70. The lowest BCUT2D eigenvalue weighted by molar-refractivity contribution is -0.173. The second kappa shape index (κ2) is 9.20. The summed E-state index contributed by atoms with van der Waals surface area (Å²) in [4.78, 5) is 39.9. The zero-order chi connectivity index (χ0) is 22.6. The van der Waals surface area contributed by atoms with Crippen LogP contribution < -0.4 is 10.5 Å². The molecule has 0 saturated carbocycles. The quantitative estimate of drug-likeness (QED) is 0.379. The SMILES string of the molecule is CON(C)C(=O)C(CC(=O)OC(C)(C)C)NS(=O)(=O)c1ccc(C(N)=O)cc1O. The van der Waals surface area contributed by atoms with Crippen LogP contribution in [0.3, 0.4) is 0 Å². The Kier molecular flexibility index (Phi) is 7.72. The number of likely N-dealkylation sites (N-methyl/N-ethyl adjacent to an activating group) is 1. The minimum absolute atomic E-state index is 0.109. The van der Waals surface area contributed by atoms with Gasteiger partial charge in [0.15, 0.2) is 0 Å². The van der Waals surface area contributed by atoms with Crippen LogP contribution in [0, 0.1) is 0 Å². The van der Waals surface area contributed by atoms with E-state index in [4.69, 9.17) is 15.3 Å². The first-order valence-electron chi connectivity index (χ1n) is 8.36. The third-order valence-electron chi connectivity index (χ3n) is 3.50. The zero-order valence-corrected chi connectivity index (χ0v) is 17.6. The van der Waals surface area contributed by atoms with Crippen molar-refractivity contribution in [1.82, 2.24) is 9.79 Å². The van der Waals surface area contributed by atoms with Gasteiger partial charge in [-0.1, -0.05) is 0 Å². The number of nitrogens with one attached hydrogen (secondary N) is 1. The fraction of sp³-hybridized carbons (Fsp3) is 0.471. The summed E-state index contributed by atoms with van der Waals surface area (Å²) in [5.41, 5.74) is 4.13. The van der Waals surface area contributed by atoms with Crippen molar-refractivity contribution < 1.29 is 37.5 Å². The average Bonchev–Trinajstić information content (AvgIpc) is 2.57. The molecule has 2 amide bonds. The van der Waals surface area contributed by atoms with E-state index >= 15 is 0 Å². The molecule has 4 N–H and O–H groups in total. The number of hydroxylamine groups is 2.